The van der Waals surface area contributed by atoms with Crippen LogP contribution in [0.5, 0.6) is 5.75 Å². The Morgan fingerprint density at radius 2 is 1.88 bits per heavy atom. The predicted octanol–water partition coefficient (Wildman–Crippen LogP) is 4.48. The predicted molar refractivity (Wildman–Crippen MR) is 156 cm³/mol. The van der Waals surface area contributed by atoms with Gasteiger partial charge in [-0.3, -0.25) is 9.59 Å². The van der Waals surface area contributed by atoms with Crippen LogP contribution in [-0.2, 0) is 24.3 Å². The summed E-state index contributed by atoms with van der Waals surface area (Å²) < 4.78 is 35.1. The Labute approximate surface area is 246 Å². The summed E-state index contributed by atoms with van der Waals surface area (Å²) in [5.41, 5.74) is 16.2. The van der Waals surface area contributed by atoms with Gasteiger partial charge in [-0.1, -0.05) is 26.0 Å². The molecule has 2 aromatic heterocycles. The summed E-state index contributed by atoms with van der Waals surface area (Å²) in [5.74, 6) is -2.22. The van der Waals surface area contributed by atoms with Gasteiger partial charge < -0.3 is 21.1 Å². The number of halogens is 2. The lowest BCUT2D eigenvalue weighted by Crippen LogP contribution is -2.73. The van der Waals surface area contributed by atoms with E-state index in [2.05, 4.69) is 13.8 Å². The van der Waals surface area contributed by atoms with Gasteiger partial charge in [-0.15, -0.1) is 0 Å². The molecule has 0 atom stereocenters. The summed E-state index contributed by atoms with van der Waals surface area (Å²) in [6.07, 6.45) is 5.17. The van der Waals surface area contributed by atoms with Crippen molar-refractivity contribution in [2.24, 2.45) is 22.8 Å². The summed E-state index contributed by atoms with van der Waals surface area (Å²) in [6.45, 7) is 4.63. The molecule has 222 valence electrons. The zero-order valence-electron chi connectivity index (χ0n) is 24.0. The Bertz CT molecular complexity index is 1810. The van der Waals surface area contributed by atoms with Crippen molar-refractivity contribution >= 4 is 28.5 Å². The number of rotatable bonds is 8. The molecule has 2 bridgehead atoms. The number of aromatic nitrogens is 3. The van der Waals surface area contributed by atoms with E-state index in [1.807, 2.05) is 4.68 Å². The summed E-state index contributed by atoms with van der Waals surface area (Å²) in [5, 5.41) is 5.40. The monoisotopic (exact) mass is 586 g/mol. The second kappa shape index (κ2) is 9.57. The third-order valence-corrected chi connectivity index (χ3v) is 8.89. The fourth-order valence-corrected chi connectivity index (χ4v) is 7.28. The number of fused-ring (bicyclic) bond motifs is 2. The van der Waals surface area contributed by atoms with Gasteiger partial charge in [0.1, 0.15) is 5.75 Å². The van der Waals surface area contributed by atoms with Crippen molar-refractivity contribution in [3.63, 3.8) is 0 Å². The Balaban J connectivity index is 1.33. The first-order chi connectivity index (χ1) is 20.4. The molecule has 3 heterocycles. The first-order valence-corrected chi connectivity index (χ1v) is 14.4. The van der Waals surface area contributed by atoms with E-state index in [-0.39, 0.29) is 35.9 Å². The molecular weight excluding hydrogens is 554 g/mol. The van der Waals surface area contributed by atoms with E-state index in [0.717, 1.165) is 31.4 Å². The number of amides is 2. The third kappa shape index (κ3) is 4.53. The van der Waals surface area contributed by atoms with Crippen LogP contribution in [0.1, 0.15) is 54.7 Å². The normalized spacial score (nSPS) is 22.3. The van der Waals surface area contributed by atoms with E-state index in [0.29, 0.717) is 63.4 Å². The molecule has 4 aromatic rings. The van der Waals surface area contributed by atoms with Crippen LogP contribution in [0.4, 0.5) is 14.5 Å². The topological polar surface area (TPSA) is 129 Å². The molecule has 11 heteroatoms. The van der Waals surface area contributed by atoms with Crippen LogP contribution >= 0.6 is 0 Å². The van der Waals surface area contributed by atoms with Crippen LogP contribution < -0.4 is 21.1 Å². The summed E-state index contributed by atoms with van der Waals surface area (Å²) >= 11 is 0. The number of primary amides is 1. The van der Waals surface area contributed by atoms with Crippen LogP contribution in [0.15, 0.2) is 42.6 Å². The van der Waals surface area contributed by atoms with Crippen molar-refractivity contribution < 1.29 is 23.1 Å². The quantitative estimate of drug-likeness (QED) is 0.313. The standard InChI is InChI=1S/C32H32F2N6O3/c1-17(2)7-23-28(29(35)42)27(20-10-37-40(30(20)38-23)16-31-13-32(36,14-31)15-31)19-4-6-24-25(9-19)43-12-26(41)39(24)11-18-3-5-21(33)22(34)8-18/h3-6,8-10,17H,7,11-16,36H2,1-2H3,(H2,35,42). The summed E-state index contributed by atoms with van der Waals surface area (Å²) in [6, 6.07) is 8.86. The molecule has 0 radical (unpaired) electrons. The van der Waals surface area contributed by atoms with Gasteiger partial charge in [0.25, 0.3) is 11.8 Å². The number of hydrogen-bond donors (Lipinski definition) is 2. The summed E-state index contributed by atoms with van der Waals surface area (Å²) in [7, 11) is 0. The molecule has 4 N–H and O–H groups in total. The van der Waals surface area contributed by atoms with Crippen molar-refractivity contribution in [3.8, 4) is 16.9 Å². The number of anilines is 1. The number of carbonyl (C=O) groups is 2. The zero-order chi connectivity index (χ0) is 30.3. The van der Waals surface area contributed by atoms with Gasteiger partial charge in [-0.25, -0.2) is 18.4 Å². The molecule has 1 aliphatic heterocycles. The van der Waals surface area contributed by atoms with Gasteiger partial charge in [0.2, 0.25) is 0 Å². The SMILES string of the molecule is CC(C)Cc1nc2c(cnn2CC23CC(N)(C2)C3)c(-c2ccc3c(c2)OCC(=O)N3Cc2ccc(F)c(F)c2)c1C(N)=O. The summed E-state index contributed by atoms with van der Waals surface area (Å²) in [4.78, 5) is 32.3. The highest BCUT2D eigenvalue weighted by atomic mass is 19.2. The molecule has 0 saturated heterocycles. The molecule has 2 amide bonds. The van der Waals surface area contributed by atoms with Crippen molar-refractivity contribution in [1.29, 1.82) is 0 Å². The second-order valence-electron chi connectivity index (χ2n) is 12.9. The molecule has 8 rings (SSSR count). The number of carbonyl (C=O) groups excluding carboxylic acids is 2. The maximum Gasteiger partial charge on any atom is 0.265 e. The Hall–Kier alpha value is -4.38. The van der Waals surface area contributed by atoms with Crippen LogP contribution in [0.3, 0.4) is 0 Å². The minimum Gasteiger partial charge on any atom is -0.482 e. The average molecular weight is 587 g/mol. The van der Waals surface area contributed by atoms with Crippen molar-refractivity contribution in [2.45, 2.75) is 58.2 Å². The number of ether oxygens (including phenoxy) is 1. The number of hydrogen-bond acceptors (Lipinski definition) is 6. The molecule has 3 saturated carbocycles. The maximum atomic E-state index is 13.9. The van der Waals surface area contributed by atoms with Gasteiger partial charge in [0, 0.05) is 23.0 Å². The lowest BCUT2D eigenvalue weighted by Gasteiger charge is -2.69. The van der Waals surface area contributed by atoms with Gasteiger partial charge >= 0.3 is 0 Å². The number of nitrogens with zero attached hydrogens (tertiary/aromatic N) is 4. The van der Waals surface area contributed by atoms with E-state index in [4.69, 9.17) is 26.3 Å². The van der Waals surface area contributed by atoms with Crippen LogP contribution in [0.2, 0.25) is 0 Å². The van der Waals surface area contributed by atoms with E-state index >= 15 is 0 Å². The average Bonchev–Trinajstić information content (AvgIpc) is 3.31. The van der Waals surface area contributed by atoms with E-state index in [1.54, 1.807) is 24.4 Å². The molecule has 9 nitrogen and oxygen atoms in total. The molecule has 3 fully saturated rings. The molecule has 43 heavy (non-hydrogen) atoms. The Kier molecular flexibility index (Phi) is 6.11. The maximum absolute atomic E-state index is 13.9. The molecular formula is C32H32F2N6O3. The Morgan fingerprint density at radius 1 is 1.12 bits per heavy atom. The Morgan fingerprint density at radius 3 is 2.56 bits per heavy atom. The fourth-order valence-electron chi connectivity index (χ4n) is 7.28. The molecule has 3 aliphatic carbocycles. The lowest BCUT2D eigenvalue weighted by atomic mass is 9.40. The largest absolute Gasteiger partial charge is 0.482 e. The van der Waals surface area contributed by atoms with E-state index in [9.17, 15) is 18.4 Å². The lowest BCUT2D eigenvalue weighted by molar-refractivity contribution is -0.143. The van der Waals surface area contributed by atoms with Crippen molar-refractivity contribution in [2.75, 3.05) is 11.5 Å². The van der Waals surface area contributed by atoms with Crippen LogP contribution in [-0.4, -0.2) is 38.7 Å². The van der Waals surface area contributed by atoms with Crippen molar-refractivity contribution in [3.05, 3.63) is 71.1 Å². The van der Waals surface area contributed by atoms with Crippen LogP contribution in [0, 0.1) is 23.0 Å². The minimum absolute atomic E-state index is 0.0350. The first-order valence-electron chi connectivity index (χ1n) is 14.4. The highest BCUT2D eigenvalue weighted by Crippen LogP contribution is 2.66. The number of benzene rings is 2. The van der Waals surface area contributed by atoms with Gasteiger partial charge in [0.05, 0.1) is 29.7 Å². The van der Waals surface area contributed by atoms with E-state index in [1.165, 1.54) is 11.0 Å². The van der Waals surface area contributed by atoms with Gasteiger partial charge in [0.15, 0.2) is 23.9 Å². The zero-order valence-corrected chi connectivity index (χ0v) is 24.0. The molecule has 2 aromatic carbocycles. The number of pyridine rings is 1. The van der Waals surface area contributed by atoms with Crippen molar-refractivity contribution in [1.82, 2.24) is 14.8 Å². The fraction of sp³-hybridized carbons (Fsp3) is 0.375. The molecule has 4 aliphatic rings. The minimum atomic E-state index is -0.983. The molecule has 0 spiro atoms. The third-order valence-electron chi connectivity index (χ3n) is 8.89. The van der Waals surface area contributed by atoms with Gasteiger partial charge in [-0.05, 0) is 72.4 Å². The van der Waals surface area contributed by atoms with Gasteiger partial charge in [-0.2, -0.15) is 5.10 Å². The first kappa shape index (κ1) is 27.5. The van der Waals surface area contributed by atoms with E-state index < -0.39 is 17.5 Å². The number of nitrogens with two attached hydrogens (primary N) is 2. The van der Waals surface area contributed by atoms with Crippen LogP contribution in [0.25, 0.3) is 22.2 Å². The highest BCUT2D eigenvalue weighted by molar-refractivity contribution is 6.09. The molecule has 0 unspecified atom stereocenters. The second-order valence-corrected chi connectivity index (χ2v) is 12.9. The highest BCUT2D eigenvalue weighted by Gasteiger charge is 2.65. The smallest absolute Gasteiger partial charge is 0.265 e.